The van der Waals surface area contributed by atoms with E-state index in [1.54, 1.807) is 12.1 Å². The minimum absolute atomic E-state index is 0.215. The number of hydrogen-bond donors (Lipinski definition) is 1. The zero-order valence-electron chi connectivity index (χ0n) is 12.7. The molecule has 24 heavy (non-hydrogen) atoms. The Morgan fingerprint density at radius 1 is 1.21 bits per heavy atom. The SMILES string of the molecule is NC(=O)C1COCC1c1cc(-c2nc3ccccc3o2)ccc1F. The lowest BCUT2D eigenvalue weighted by molar-refractivity contribution is -0.122. The van der Waals surface area contributed by atoms with Gasteiger partial charge in [-0.15, -0.1) is 0 Å². The minimum atomic E-state index is -0.529. The number of benzene rings is 2. The largest absolute Gasteiger partial charge is 0.436 e. The number of aromatic nitrogens is 1. The van der Waals surface area contributed by atoms with E-state index >= 15 is 0 Å². The van der Waals surface area contributed by atoms with E-state index in [4.69, 9.17) is 14.9 Å². The molecule has 0 spiro atoms. The van der Waals surface area contributed by atoms with E-state index in [0.29, 0.717) is 22.6 Å². The molecule has 122 valence electrons. The first kappa shape index (κ1) is 14.8. The third-order valence-electron chi connectivity index (χ3n) is 4.38. The molecule has 0 radical (unpaired) electrons. The fourth-order valence-electron chi connectivity index (χ4n) is 3.10. The number of carbonyl (C=O) groups is 1. The summed E-state index contributed by atoms with van der Waals surface area (Å²) in [6, 6.07) is 12.0. The number of nitrogens with two attached hydrogens (primary N) is 1. The van der Waals surface area contributed by atoms with Crippen LogP contribution in [0, 0.1) is 11.7 Å². The Kier molecular flexibility index (Phi) is 3.54. The van der Waals surface area contributed by atoms with E-state index in [-0.39, 0.29) is 13.2 Å². The van der Waals surface area contributed by atoms with Crippen molar-refractivity contribution in [3.05, 3.63) is 53.8 Å². The van der Waals surface area contributed by atoms with Crippen LogP contribution in [0.3, 0.4) is 0 Å². The van der Waals surface area contributed by atoms with Crippen LogP contribution in [0.5, 0.6) is 0 Å². The van der Waals surface area contributed by atoms with Crippen molar-refractivity contribution in [2.75, 3.05) is 13.2 Å². The van der Waals surface area contributed by atoms with Crippen LogP contribution >= 0.6 is 0 Å². The normalized spacial score (nSPS) is 20.5. The van der Waals surface area contributed by atoms with Crippen LogP contribution in [-0.2, 0) is 9.53 Å². The molecule has 1 fully saturated rings. The number of primary amides is 1. The lowest BCUT2D eigenvalue weighted by Crippen LogP contribution is -2.28. The fraction of sp³-hybridized carbons (Fsp3) is 0.222. The van der Waals surface area contributed by atoms with Crippen LogP contribution in [0.25, 0.3) is 22.6 Å². The van der Waals surface area contributed by atoms with Gasteiger partial charge in [-0.2, -0.15) is 0 Å². The lowest BCUT2D eigenvalue weighted by Gasteiger charge is -2.16. The highest BCUT2D eigenvalue weighted by atomic mass is 19.1. The molecule has 1 amide bonds. The van der Waals surface area contributed by atoms with Crippen LogP contribution in [-0.4, -0.2) is 24.1 Å². The van der Waals surface area contributed by atoms with Gasteiger partial charge in [0.1, 0.15) is 11.3 Å². The number of fused-ring (bicyclic) bond motifs is 1. The number of oxazole rings is 1. The first-order valence-electron chi connectivity index (χ1n) is 7.66. The number of ether oxygens (including phenoxy) is 1. The van der Waals surface area contributed by atoms with Gasteiger partial charge < -0.3 is 14.9 Å². The second-order valence-corrected chi connectivity index (χ2v) is 5.88. The second kappa shape index (κ2) is 5.72. The van der Waals surface area contributed by atoms with Gasteiger partial charge in [-0.05, 0) is 35.9 Å². The molecule has 0 aliphatic carbocycles. The molecule has 1 aromatic heterocycles. The summed E-state index contributed by atoms with van der Waals surface area (Å²) in [5, 5.41) is 0. The summed E-state index contributed by atoms with van der Waals surface area (Å²) in [7, 11) is 0. The molecule has 3 aromatic rings. The maximum Gasteiger partial charge on any atom is 0.227 e. The van der Waals surface area contributed by atoms with E-state index in [9.17, 15) is 9.18 Å². The van der Waals surface area contributed by atoms with Crippen molar-refractivity contribution in [3.63, 3.8) is 0 Å². The Bertz CT molecular complexity index is 889. The molecule has 1 saturated heterocycles. The molecule has 0 saturated carbocycles. The molecule has 5 nitrogen and oxygen atoms in total. The van der Waals surface area contributed by atoms with Crippen molar-refractivity contribution in [1.29, 1.82) is 0 Å². The fourth-order valence-corrected chi connectivity index (χ4v) is 3.10. The molecule has 1 aliphatic rings. The third-order valence-corrected chi connectivity index (χ3v) is 4.38. The van der Waals surface area contributed by atoms with Gasteiger partial charge in [0.15, 0.2) is 5.58 Å². The van der Waals surface area contributed by atoms with Gasteiger partial charge in [0.25, 0.3) is 0 Å². The van der Waals surface area contributed by atoms with E-state index < -0.39 is 23.6 Å². The van der Waals surface area contributed by atoms with Crippen molar-refractivity contribution >= 4 is 17.0 Å². The van der Waals surface area contributed by atoms with Crippen molar-refractivity contribution in [2.24, 2.45) is 11.7 Å². The smallest absolute Gasteiger partial charge is 0.227 e. The number of nitrogens with zero attached hydrogens (tertiary/aromatic N) is 1. The van der Waals surface area contributed by atoms with Crippen molar-refractivity contribution in [2.45, 2.75) is 5.92 Å². The summed E-state index contributed by atoms with van der Waals surface area (Å²) in [6.45, 7) is 0.480. The first-order chi connectivity index (χ1) is 11.6. The van der Waals surface area contributed by atoms with Crippen molar-refractivity contribution < 1.29 is 18.3 Å². The molecule has 2 unspecified atom stereocenters. The number of para-hydroxylation sites is 2. The number of halogens is 1. The number of carbonyl (C=O) groups excluding carboxylic acids is 1. The molecular formula is C18H15FN2O3. The van der Waals surface area contributed by atoms with E-state index in [2.05, 4.69) is 4.98 Å². The second-order valence-electron chi connectivity index (χ2n) is 5.88. The molecule has 2 heterocycles. The summed E-state index contributed by atoms with van der Waals surface area (Å²) in [5.74, 6) is -1.39. The Hall–Kier alpha value is -2.73. The Morgan fingerprint density at radius 2 is 2.04 bits per heavy atom. The van der Waals surface area contributed by atoms with Crippen LogP contribution in [0.4, 0.5) is 4.39 Å². The first-order valence-corrected chi connectivity index (χ1v) is 7.66. The average molecular weight is 326 g/mol. The summed E-state index contributed by atoms with van der Waals surface area (Å²) in [4.78, 5) is 16.0. The van der Waals surface area contributed by atoms with Gasteiger partial charge in [-0.3, -0.25) is 4.79 Å². The molecule has 0 bridgehead atoms. The quantitative estimate of drug-likeness (QED) is 0.803. The van der Waals surface area contributed by atoms with Crippen LogP contribution < -0.4 is 5.73 Å². The van der Waals surface area contributed by atoms with Gasteiger partial charge >= 0.3 is 0 Å². The molecule has 2 atom stereocenters. The molecule has 4 rings (SSSR count). The Labute approximate surface area is 137 Å². The zero-order chi connectivity index (χ0) is 16.7. The molecule has 6 heteroatoms. The molecule has 1 aliphatic heterocycles. The zero-order valence-corrected chi connectivity index (χ0v) is 12.7. The van der Waals surface area contributed by atoms with Crippen LogP contribution in [0.1, 0.15) is 11.5 Å². The Balaban J connectivity index is 1.77. The van der Waals surface area contributed by atoms with Crippen molar-refractivity contribution in [3.8, 4) is 11.5 Å². The maximum atomic E-state index is 14.3. The average Bonchev–Trinajstić information content (AvgIpc) is 3.22. The molecule has 2 aromatic carbocycles. The van der Waals surface area contributed by atoms with E-state index in [0.717, 1.165) is 5.52 Å². The third kappa shape index (κ3) is 2.45. The monoisotopic (exact) mass is 326 g/mol. The van der Waals surface area contributed by atoms with Gasteiger partial charge in [-0.1, -0.05) is 12.1 Å². The van der Waals surface area contributed by atoms with Crippen molar-refractivity contribution in [1.82, 2.24) is 4.98 Å². The summed E-state index contributed by atoms with van der Waals surface area (Å²) < 4.78 is 25.4. The highest BCUT2D eigenvalue weighted by molar-refractivity contribution is 5.79. The Morgan fingerprint density at radius 3 is 2.83 bits per heavy atom. The summed E-state index contributed by atoms with van der Waals surface area (Å²) >= 11 is 0. The van der Waals surface area contributed by atoms with E-state index in [1.807, 2.05) is 24.3 Å². The highest BCUT2D eigenvalue weighted by Gasteiger charge is 2.35. The highest BCUT2D eigenvalue weighted by Crippen LogP contribution is 2.35. The number of rotatable bonds is 3. The van der Waals surface area contributed by atoms with Gasteiger partial charge in [0.05, 0.1) is 19.1 Å². The molecular weight excluding hydrogens is 311 g/mol. The predicted octanol–water partition coefficient (Wildman–Crippen LogP) is 2.85. The molecule has 2 N–H and O–H groups in total. The summed E-state index contributed by atoms with van der Waals surface area (Å²) in [5.41, 5.74) is 7.85. The number of hydrogen-bond acceptors (Lipinski definition) is 4. The van der Waals surface area contributed by atoms with Gasteiger partial charge in [0.2, 0.25) is 11.8 Å². The van der Waals surface area contributed by atoms with Crippen LogP contribution in [0.15, 0.2) is 46.9 Å². The predicted molar refractivity (Wildman–Crippen MR) is 85.6 cm³/mol. The standard InChI is InChI=1S/C18H15FN2O3/c19-14-6-5-10(18-21-15-3-1-2-4-16(15)24-18)7-11(14)12-8-23-9-13(12)17(20)22/h1-7,12-13H,8-9H2,(H2,20,22). The minimum Gasteiger partial charge on any atom is -0.436 e. The topological polar surface area (TPSA) is 78.4 Å². The number of amides is 1. The van der Waals surface area contributed by atoms with Gasteiger partial charge in [0, 0.05) is 11.5 Å². The lowest BCUT2D eigenvalue weighted by atomic mass is 9.87. The summed E-state index contributed by atoms with van der Waals surface area (Å²) in [6.07, 6.45) is 0. The van der Waals surface area contributed by atoms with Gasteiger partial charge in [-0.25, -0.2) is 9.37 Å². The van der Waals surface area contributed by atoms with E-state index in [1.165, 1.54) is 6.07 Å². The van der Waals surface area contributed by atoms with Crippen LogP contribution in [0.2, 0.25) is 0 Å². The maximum absolute atomic E-state index is 14.3.